The van der Waals surface area contributed by atoms with Crippen LogP contribution in [0.2, 0.25) is 5.15 Å². The van der Waals surface area contributed by atoms with Crippen LogP contribution in [0.4, 0.5) is 10.1 Å². The predicted molar refractivity (Wildman–Crippen MR) is 110 cm³/mol. The van der Waals surface area contributed by atoms with Crippen molar-refractivity contribution in [2.75, 3.05) is 5.32 Å². The third-order valence-corrected chi connectivity index (χ3v) is 5.79. The van der Waals surface area contributed by atoms with Crippen molar-refractivity contribution in [3.8, 4) is 6.07 Å². The molecule has 0 saturated heterocycles. The van der Waals surface area contributed by atoms with Gasteiger partial charge in [-0.05, 0) is 50.5 Å². The molecule has 8 nitrogen and oxygen atoms in total. The van der Waals surface area contributed by atoms with Crippen molar-refractivity contribution in [3.05, 3.63) is 51.6 Å². The first-order chi connectivity index (χ1) is 14.5. The second-order valence-electron chi connectivity index (χ2n) is 7.86. The van der Waals surface area contributed by atoms with Crippen molar-refractivity contribution < 1.29 is 23.9 Å². The number of aromatic nitrogens is 1. The number of halogens is 2. The summed E-state index contributed by atoms with van der Waals surface area (Å²) in [5, 5.41) is 23.5. The van der Waals surface area contributed by atoms with E-state index in [1.54, 1.807) is 13.0 Å². The van der Waals surface area contributed by atoms with Gasteiger partial charge in [-0.25, -0.2) is 4.39 Å². The van der Waals surface area contributed by atoms with Crippen LogP contribution in [0.1, 0.15) is 51.7 Å². The number of rotatable bonds is 5. The van der Waals surface area contributed by atoms with E-state index < -0.39 is 35.1 Å². The van der Waals surface area contributed by atoms with Gasteiger partial charge < -0.3 is 20.3 Å². The lowest BCUT2D eigenvalue weighted by atomic mass is 9.76. The molecule has 2 aromatic rings. The number of nitrogens with zero attached hydrogens (tertiary/aromatic N) is 2. The van der Waals surface area contributed by atoms with Crippen molar-refractivity contribution in [1.29, 1.82) is 5.26 Å². The smallest absolute Gasteiger partial charge is 0.294 e. The van der Waals surface area contributed by atoms with Crippen LogP contribution >= 0.6 is 11.6 Å². The third-order valence-electron chi connectivity index (χ3n) is 5.35. The SMILES string of the molecule is Cc1c(C(=O)Nc2ccc(F)c(C#N)c2)c(Cl)n(C)c1C(=O)C(=O)NC1(C)CC(O)C1. The average Bonchev–Trinajstić information content (AvgIpc) is 2.90. The number of anilines is 1. The molecule has 0 atom stereocenters. The molecule has 0 unspecified atom stereocenters. The molecule has 0 radical (unpaired) electrons. The van der Waals surface area contributed by atoms with Gasteiger partial charge in [0.2, 0.25) is 0 Å². The number of ketones is 1. The van der Waals surface area contributed by atoms with E-state index in [1.165, 1.54) is 30.7 Å². The van der Waals surface area contributed by atoms with E-state index in [0.717, 1.165) is 6.07 Å². The molecular weight excluding hydrogens is 427 g/mol. The highest BCUT2D eigenvalue weighted by Crippen LogP contribution is 2.32. The van der Waals surface area contributed by atoms with Gasteiger partial charge in [0, 0.05) is 18.3 Å². The molecule has 1 saturated carbocycles. The number of hydrogen-bond acceptors (Lipinski definition) is 5. The van der Waals surface area contributed by atoms with Crippen molar-refractivity contribution in [2.45, 2.75) is 38.3 Å². The van der Waals surface area contributed by atoms with Crippen LogP contribution in [0.5, 0.6) is 0 Å². The van der Waals surface area contributed by atoms with E-state index in [4.69, 9.17) is 16.9 Å². The Hall–Kier alpha value is -3.22. The number of nitrogens with one attached hydrogen (secondary N) is 2. The summed E-state index contributed by atoms with van der Waals surface area (Å²) in [7, 11) is 1.45. The van der Waals surface area contributed by atoms with E-state index in [2.05, 4.69) is 10.6 Å². The fourth-order valence-electron chi connectivity index (χ4n) is 3.78. The first-order valence-electron chi connectivity index (χ1n) is 9.38. The highest BCUT2D eigenvalue weighted by molar-refractivity contribution is 6.44. The highest BCUT2D eigenvalue weighted by Gasteiger charge is 2.42. The minimum absolute atomic E-state index is 0.0200. The molecule has 0 aliphatic heterocycles. The topological polar surface area (TPSA) is 124 Å². The van der Waals surface area contributed by atoms with Gasteiger partial charge in [0.05, 0.1) is 22.9 Å². The second kappa shape index (κ2) is 8.13. The maximum atomic E-state index is 13.5. The van der Waals surface area contributed by atoms with Gasteiger partial charge >= 0.3 is 0 Å². The standard InChI is InChI=1S/C21H20ClFN4O4/c1-10-15(19(30)25-12-4-5-14(23)11(6-12)9-24)18(22)27(3)16(10)17(29)20(31)26-21(2)7-13(28)8-21/h4-6,13,28H,7-8H2,1-3H3,(H,25,30)(H,26,31). The predicted octanol–water partition coefficient (Wildman–Crippen LogP) is 2.46. The Morgan fingerprint density at radius 3 is 2.58 bits per heavy atom. The van der Waals surface area contributed by atoms with Gasteiger partial charge in [-0.1, -0.05) is 11.6 Å². The lowest BCUT2D eigenvalue weighted by molar-refractivity contribution is -0.121. The number of carbonyl (C=O) groups excluding carboxylic acids is 3. The summed E-state index contributed by atoms with van der Waals surface area (Å²) < 4.78 is 14.7. The Kier molecular flexibility index (Phi) is 5.89. The average molecular weight is 447 g/mol. The molecule has 1 aliphatic carbocycles. The van der Waals surface area contributed by atoms with Gasteiger partial charge in [0.25, 0.3) is 17.6 Å². The van der Waals surface area contributed by atoms with Crippen LogP contribution in [0.3, 0.4) is 0 Å². The largest absolute Gasteiger partial charge is 0.393 e. The number of hydrogen-bond donors (Lipinski definition) is 3. The number of benzene rings is 1. The molecule has 162 valence electrons. The van der Waals surface area contributed by atoms with Crippen LogP contribution in [0, 0.1) is 24.1 Å². The van der Waals surface area contributed by atoms with Gasteiger partial charge in [0.1, 0.15) is 17.0 Å². The monoisotopic (exact) mass is 446 g/mol. The molecule has 31 heavy (non-hydrogen) atoms. The highest BCUT2D eigenvalue weighted by atomic mass is 35.5. The van der Waals surface area contributed by atoms with Crippen molar-refractivity contribution in [1.82, 2.24) is 9.88 Å². The quantitative estimate of drug-likeness (QED) is 0.480. The molecular formula is C21H20ClFN4O4. The molecule has 0 bridgehead atoms. The minimum Gasteiger partial charge on any atom is -0.393 e. The van der Waals surface area contributed by atoms with Crippen molar-refractivity contribution >= 4 is 34.9 Å². The van der Waals surface area contributed by atoms with Crippen LogP contribution in [-0.2, 0) is 11.8 Å². The summed E-state index contributed by atoms with van der Waals surface area (Å²) in [6.07, 6.45) is 0.166. The Morgan fingerprint density at radius 2 is 2.00 bits per heavy atom. The number of aliphatic hydroxyl groups excluding tert-OH is 1. The fraction of sp³-hybridized carbons (Fsp3) is 0.333. The number of Topliss-reactive ketones (excluding diaryl/α,β-unsaturated/α-hetero) is 1. The summed E-state index contributed by atoms with van der Waals surface area (Å²) in [6, 6.07) is 5.19. The molecule has 1 heterocycles. The van der Waals surface area contributed by atoms with Gasteiger partial charge in [-0.3, -0.25) is 14.4 Å². The van der Waals surface area contributed by atoms with E-state index in [1.807, 2.05) is 0 Å². The lowest BCUT2D eigenvalue weighted by Crippen LogP contribution is -2.58. The lowest BCUT2D eigenvalue weighted by Gasteiger charge is -2.42. The minimum atomic E-state index is -0.864. The van der Waals surface area contributed by atoms with E-state index in [0.29, 0.717) is 12.8 Å². The van der Waals surface area contributed by atoms with E-state index in [9.17, 15) is 23.9 Å². The van der Waals surface area contributed by atoms with Crippen LogP contribution < -0.4 is 10.6 Å². The van der Waals surface area contributed by atoms with Crippen LogP contribution in [0.25, 0.3) is 0 Å². The van der Waals surface area contributed by atoms with Crippen LogP contribution in [0.15, 0.2) is 18.2 Å². The summed E-state index contributed by atoms with van der Waals surface area (Å²) >= 11 is 6.28. The number of nitriles is 1. The van der Waals surface area contributed by atoms with Gasteiger partial charge in [-0.2, -0.15) is 5.26 Å². The maximum absolute atomic E-state index is 13.5. The summed E-state index contributed by atoms with van der Waals surface area (Å²) in [5.41, 5.74) is -0.607. The Balaban J connectivity index is 1.86. The normalized spacial score (nSPS) is 19.8. The third kappa shape index (κ3) is 4.17. The first-order valence-corrected chi connectivity index (χ1v) is 9.76. The maximum Gasteiger partial charge on any atom is 0.294 e. The van der Waals surface area contributed by atoms with E-state index >= 15 is 0 Å². The molecule has 1 aliphatic rings. The Bertz CT molecular complexity index is 1150. The summed E-state index contributed by atoms with van der Waals surface area (Å²) in [5.74, 6) is -3.13. The molecule has 2 amide bonds. The number of carbonyl (C=O) groups is 3. The van der Waals surface area contributed by atoms with E-state index in [-0.39, 0.29) is 33.2 Å². The molecule has 3 N–H and O–H groups in total. The fourth-order valence-corrected chi connectivity index (χ4v) is 4.09. The number of aliphatic hydroxyl groups is 1. The molecule has 3 rings (SSSR count). The molecule has 10 heteroatoms. The van der Waals surface area contributed by atoms with Gasteiger partial charge in [-0.15, -0.1) is 0 Å². The molecule has 1 fully saturated rings. The summed E-state index contributed by atoms with van der Waals surface area (Å²) in [4.78, 5) is 38.1. The van der Waals surface area contributed by atoms with Crippen molar-refractivity contribution in [3.63, 3.8) is 0 Å². The Labute approximate surface area is 182 Å². The zero-order valence-electron chi connectivity index (χ0n) is 17.0. The first kappa shape index (κ1) is 22.5. The van der Waals surface area contributed by atoms with Gasteiger partial charge in [0.15, 0.2) is 0 Å². The van der Waals surface area contributed by atoms with Crippen molar-refractivity contribution in [2.24, 2.45) is 7.05 Å². The number of amides is 2. The van der Waals surface area contributed by atoms with Crippen LogP contribution in [-0.4, -0.2) is 38.9 Å². The molecule has 0 spiro atoms. The second-order valence-corrected chi connectivity index (χ2v) is 8.22. The molecule has 1 aromatic heterocycles. The summed E-state index contributed by atoms with van der Waals surface area (Å²) in [6.45, 7) is 3.22. The molecule has 1 aromatic carbocycles. The zero-order valence-corrected chi connectivity index (χ0v) is 17.8. The zero-order chi connectivity index (χ0) is 23.1. The Morgan fingerprint density at radius 1 is 1.35 bits per heavy atom.